The van der Waals surface area contributed by atoms with Gasteiger partial charge in [0.25, 0.3) is 0 Å². The van der Waals surface area contributed by atoms with Crippen LogP contribution in [-0.2, 0) is 0 Å². The van der Waals surface area contributed by atoms with E-state index in [1.54, 1.807) is 0 Å². The van der Waals surface area contributed by atoms with Crippen molar-refractivity contribution in [1.82, 2.24) is 4.90 Å². The molecule has 0 saturated heterocycles. The van der Waals surface area contributed by atoms with Crippen LogP contribution in [0.2, 0.25) is 0 Å². The lowest BCUT2D eigenvalue weighted by Gasteiger charge is -2.40. The smallest absolute Gasteiger partial charge is 0.0152 e. The predicted molar refractivity (Wildman–Crippen MR) is 86.2 cm³/mol. The van der Waals surface area contributed by atoms with Gasteiger partial charge in [-0.1, -0.05) is 54.4 Å². The molecule has 1 nitrogen and oxygen atoms in total. The summed E-state index contributed by atoms with van der Waals surface area (Å²) in [5.41, 5.74) is 0.750. The monoisotopic (exact) mass is 257 g/mol. The maximum atomic E-state index is 2.41. The van der Waals surface area contributed by atoms with Crippen LogP contribution in [0.15, 0.2) is 0 Å². The Bertz CT molecular complexity index is 192. The van der Waals surface area contributed by atoms with Gasteiger partial charge in [-0.15, -0.1) is 0 Å². The zero-order valence-corrected chi connectivity index (χ0v) is 14.9. The van der Waals surface area contributed by atoms with Gasteiger partial charge in [0.05, 0.1) is 0 Å². The van der Waals surface area contributed by atoms with Crippen LogP contribution in [0.4, 0.5) is 0 Å². The largest absolute Gasteiger partial charge is 0.304 e. The third-order valence-corrected chi connectivity index (χ3v) is 3.72. The average molecular weight is 258 g/mol. The Labute approximate surface area is 117 Å². The predicted octanol–water partition coefficient (Wildman–Crippen LogP) is 5.60. The molecule has 0 radical (unpaired) electrons. The van der Waals surface area contributed by atoms with Crippen LogP contribution >= 0.6 is 0 Å². The van der Waals surface area contributed by atoms with E-state index in [0.29, 0.717) is 11.0 Å². The molecule has 0 N–H and O–H groups in total. The summed E-state index contributed by atoms with van der Waals surface area (Å²) in [5, 5.41) is 0. The van der Waals surface area contributed by atoms with Crippen molar-refractivity contribution in [3.8, 4) is 0 Å². The molecule has 112 valence electrons. The zero-order valence-electron chi connectivity index (χ0n) is 14.9. The average Bonchev–Trinajstić information content (AvgIpc) is 2.15. The van der Waals surface area contributed by atoms with E-state index in [1.807, 2.05) is 0 Å². The first-order valence-corrected chi connectivity index (χ1v) is 7.69. The lowest BCUT2D eigenvalue weighted by atomic mass is 9.74. The Balaban J connectivity index is 0. The third kappa shape index (κ3) is 9.94. The Morgan fingerprint density at radius 2 is 1.33 bits per heavy atom. The molecule has 0 rings (SSSR count). The number of rotatable bonds is 6. The van der Waals surface area contributed by atoms with E-state index in [0.717, 1.165) is 5.92 Å². The summed E-state index contributed by atoms with van der Waals surface area (Å²) >= 11 is 0. The maximum Gasteiger partial charge on any atom is 0.0152 e. The molecule has 0 heterocycles. The van der Waals surface area contributed by atoms with Gasteiger partial charge in [0, 0.05) is 5.54 Å². The molecular formula is C17H39N. The standard InChI is InChI=1S/C14H31N.C3H8/c1-9-12(2)10-13(3,4)11-14(5,6)15(7)8;1-3-2/h12H,9-11H2,1-8H3;3H2,1-2H3. The first-order chi connectivity index (χ1) is 8.02. The zero-order chi connectivity index (χ0) is 15.0. The Kier molecular flexibility index (Phi) is 10.1. The maximum absolute atomic E-state index is 2.41. The van der Waals surface area contributed by atoms with E-state index >= 15 is 0 Å². The highest BCUT2D eigenvalue weighted by Gasteiger charge is 2.30. The minimum Gasteiger partial charge on any atom is -0.304 e. The van der Waals surface area contributed by atoms with Crippen LogP contribution in [0.1, 0.15) is 81.1 Å². The number of hydrogen-bond donors (Lipinski definition) is 0. The van der Waals surface area contributed by atoms with Crippen molar-refractivity contribution < 1.29 is 0 Å². The Hall–Kier alpha value is -0.0400. The van der Waals surface area contributed by atoms with E-state index in [-0.39, 0.29) is 0 Å². The van der Waals surface area contributed by atoms with E-state index in [1.165, 1.54) is 25.7 Å². The summed E-state index contributed by atoms with van der Waals surface area (Å²) in [4.78, 5) is 2.34. The van der Waals surface area contributed by atoms with Crippen LogP contribution in [0, 0.1) is 11.3 Å². The SMILES string of the molecule is CCC.CCC(C)CC(C)(C)CC(C)(C)N(C)C. The normalized spacial score (nSPS) is 14.2. The molecule has 0 saturated carbocycles. The van der Waals surface area contributed by atoms with Crippen molar-refractivity contribution in [3.05, 3.63) is 0 Å². The lowest BCUT2D eigenvalue weighted by Crippen LogP contribution is -2.42. The van der Waals surface area contributed by atoms with E-state index in [9.17, 15) is 0 Å². The Morgan fingerprint density at radius 3 is 1.61 bits per heavy atom. The molecule has 18 heavy (non-hydrogen) atoms. The van der Waals surface area contributed by atoms with E-state index < -0.39 is 0 Å². The first kappa shape index (κ1) is 20.3. The van der Waals surface area contributed by atoms with Gasteiger partial charge < -0.3 is 4.90 Å². The first-order valence-electron chi connectivity index (χ1n) is 7.69. The summed E-state index contributed by atoms with van der Waals surface area (Å²) in [6.07, 6.45) is 5.14. The molecule has 0 aromatic rings. The van der Waals surface area contributed by atoms with Crippen LogP contribution in [0.25, 0.3) is 0 Å². The van der Waals surface area contributed by atoms with Crippen molar-refractivity contribution >= 4 is 0 Å². The van der Waals surface area contributed by atoms with Crippen molar-refractivity contribution in [2.24, 2.45) is 11.3 Å². The van der Waals surface area contributed by atoms with Crippen LogP contribution in [-0.4, -0.2) is 24.5 Å². The summed E-state index contributed by atoms with van der Waals surface area (Å²) in [6.45, 7) is 18.4. The van der Waals surface area contributed by atoms with Gasteiger partial charge in [0.2, 0.25) is 0 Å². The molecule has 1 unspecified atom stereocenters. The highest BCUT2D eigenvalue weighted by Crippen LogP contribution is 2.36. The minimum absolute atomic E-state index is 0.303. The highest BCUT2D eigenvalue weighted by molar-refractivity contribution is 4.85. The second kappa shape index (κ2) is 8.96. The summed E-state index contributed by atoms with van der Waals surface area (Å²) < 4.78 is 0. The topological polar surface area (TPSA) is 3.24 Å². The quantitative estimate of drug-likeness (QED) is 0.599. The minimum atomic E-state index is 0.303. The van der Waals surface area contributed by atoms with Crippen LogP contribution < -0.4 is 0 Å². The fourth-order valence-corrected chi connectivity index (χ4v) is 2.49. The molecule has 0 aliphatic carbocycles. The van der Waals surface area contributed by atoms with E-state index in [2.05, 4.69) is 74.4 Å². The van der Waals surface area contributed by atoms with E-state index in [4.69, 9.17) is 0 Å². The van der Waals surface area contributed by atoms with Crippen molar-refractivity contribution in [2.75, 3.05) is 14.1 Å². The summed E-state index contributed by atoms with van der Waals surface area (Å²) in [7, 11) is 4.36. The fraction of sp³-hybridized carbons (Fsp3) is 1.00. The molecule has 1 atom stereocenters. The van der Waals surface area contributed by atoms with Gasteiger partial charge in [-0.05, 0) is 52.1 Å². The van der Waals surface area contributed by atoms with Gasteiger partial charge in [-0.3, -0.25) is 0 Å². The van der Waals surface area contributed by atoms with Gasteiger partial charge >= 0.3 is 0 Å². The molecule has 0 spiro atoms. The molecule has 0 bridgehead atoms. The van der Waals surface area contributed by atoms with Crippen LogP contribution in [0.3, 0.4) is 0 Å². The van der Waals surface area contributed by atoms with Gasteiger partial charge in [0.1, 0.15) is 0 Å². The Morgan fingerprint density at radius 1 is 0.944 bits per heavy atom. The van der Waals surface area contributed by atoms with Crippen molar-refractivity contribution in [2.45, 2.75) is 86.6 Å². The molecular weight excluding hydrogens is 218 g/mol. The third-order valence-electron chi connectivity index (χ3n) is 3.72. The molecule has 0 aromatic heterocycles. The second-order valence-corrected chi connectivity index (χ2v) is 7.47. The molecule has 0 fully saturated rings. The fourth-order valence-electron chi connectivity index (χ4n) is 2.49. The van der Waals surface area contributed by atoms with Crippen LogP contribution in [0.5, 0.6) is 0 Å². The molecule has 0 aliphatic rings. The van der Waals surface area contributed by atoms with Gasteiger partial charge in [-0.25, -0.2) is 0 Å². The number of hydrogen-bond acceptors (Lipinski definition) is 1. The molecule has 1 heteroatoms. The lowest BCUT2D eigenvalue weighted by molar-refractivity contribution is 0.105. The molecule has 0 amide bonds. The number of nitrogens with zero attached hydrogens (tertiary/aromatic N) is 1. The van der Waals surface area contributed by atoms with Crippen molar-refractivity contribution in [1.29, 1.82) is 0 Å². The van der Waals surface area contributed by atoms with Gasteiger partial charge in [0.15, 0.2) is 0 Å². The van der Waals surface area contributed by atoms with Gasteiger partial charge in [-0.2, -0.15) is 0 Å². The molecule has 0 aliphatic heterocycles. The second-order valence-electron chi connectivity index (χ2n) is 7.47. The molecule has 0 aromatic carbocycles. The summed E-state index contributed by atoms with van der Waals surface area (Å²) in [6, 6.07) is 0. The summed E-state index contributed by atoms with van der Waals surface area (Å²) in [5.74, 6) is 0.845. The van der Waals surface area contributed by atoms with Crippen molar-refractivity contribution in [3.63, 3.8) is 0 Å². The highest BCUT2D eigenvalue weighted by atomic mass is 15.1.